The predicted molar refractivity (Wildman–Crippen MR) is 162 cm³/mol. The highest BCUT2D eigenvalue weighted by Crippen LogP contribution is 2.42. The van der Waals surface area contributed by atoms with Crippen LogP contribution in [0.2, 0.25) is 5.02 Å². The quantitative estimate of drug-likeness (QED) is 0.151. The molecule has 4 aromatic rings. The van der Waals surface area contributed by atoms with Crippen molar-refractivity contribution in [1.82, 2.24) is 29.4 Å². The van der Waals surface area contributed by atoms with Gasteiger partial charge in [-0.1, -0.05) is 18.5 Å². The lowest BCUT2D eigenvalue weighted by atomic mass is 10.1. The molecule has 2 unspecified atom stereocenters. The van der Waals surface area contributed by atoms with Crippen molar-refractivity contribution >= 4 is 52.8 Å². The summed E-state index contributed by atoms with van der Waals surface area (Å²) in [5.41, 5.74) is 8.81. The Hall–Kier alpha value is -2.86. The van der Waals surface area contributed by atoms with Crippen LogP contribution < -0.4 is 11.1 Å². The van der Waals surface area contributed by atoms with E-state index in [1.807, 2.05) is 24.3 Å². The molecule has 0 aliphatic carbocycles. The fraction of sp³-hybridized carbons (Fsp3) is 0.481. The third-order valence-electron chi connectivity index (χ3n) is 6.77. The average molecular weight is 605 g/mol. The van der Waals surface area contributed by atoms with Gasteiger partial charge < -0.3 is 34.7 Å². The Morgan fingerprint density at radius 3 is 2.83 bits per heavy atom. The molecular weight excluding hydrogens is 567 g/mol. The average Bonchev–Trinajstić information content (AvgIpc) is 3.35. The molecule has 0 bridgehead atoms. The molecule has 12 nitrogen and oxygen atoms in total. The van der Waals surface area contributed by atoms with Crippen LogP contribution in [-0.2, 0) is 20.4 Å². The number of hydrogen-bond donors (Lipinski definition) is 3. The van der Waals surface area contributed by atoms with Crippen LogP contribution >= 0.6 is 19.2 Å². The van der Waals surface area contributed by atoms with E-state index >= 15 is 0 Å². The number of nitrogen functional groups attached to an aromatic ring is 1. The van der Waals surface area contributed by atoms with Gasteiger partial charge in [-0.2, -0.15) is 0 Å². The summed E-state index contributed by atoms with van der Waals surface area (Å²) in [4.78, 5) is 29.2. The van der Waals surface area contributed by atoms with Gasteiger partial charge in [0.1, 0.15) is 18.2 Å². The number of nitrogens with one attached hydrogen (secondary N) is 1. The van der Waals surface area contributed by atoms with Crippen LogP contribution in [0.1, 0.15) is 33.6 Å². The molecule has 222 valence electrons. The minimum absolute atomic E-state index is 0.140. The first-order valence-electron chi connectivity index (χ1n) is 13.7. The number of nitrogens with zero attached hydrogens (tertiary/aromatic N) is 6. The molecule has 4 rings (SSSR count). The molecule has 14 heteroatoms. The summed E-state index contributed by atoms with van der Waals surface area (Å²) in [5.74, 6) is 0.299. The number of likely N-dealkylation sites (N-methyl/N-ethyl adjacent to an activating group) is 1. The van der Waals surface area contributed by atoms with Gasteiger partial charge in [-0.05, 0) is 64.0 Å². The number of rotatable bonds is 16. The highest BCUT2D eigenvalue weighted by molar-refractivity contribution is 7.52. The summed E-state index contributed by atoms with van der Waals surface area (Å²) < 4.78 is 25.3. The van der Waals surface area contributed by atoms with Crippen molar-refractivity contribution in [3.63, 3.8) is 0 Å². The van der Waals surface area contributed by atoms with Crippen LogP contribution in [0, 0.1) is 0 Å². The predicted octanol–water partition coefficient (Wildman–Crippen LogP) is 4.78. The third-order valence-corrected chi connectivity index (χ3v) is 8.07. The van der Waals surface area contributed by atoms with Crippen LogP contribution in [-0.4, -0.2) is 79.0 Å². The summed E-state index contributed by atoms with van der Waals surface area (Å²) in [6.45, 7) is 8.78. The van der Waals surface area contributed by atoms with E-state index in [9.17, 15) is 9.46 Å². The van der Waals surface area contributed by atoms with E-state index in [-0.39, 0.29) is 18.8 Å². The lowest BCUT2D eigenvalue weighted by molar-refractivity contribution is 0.0703. The molecular formula is C27H38ClN8O4P. The zero-order valence-electron chi connectivity index (χ0n) is 23.6. The lowest BCUT2D eigenvalue weighted by Crippen LogP contribution is -2.29. The first-order valence-corrected chi connectivity index (χ1v) is 15.8. The molecule has 0 fully saturated rings. The fourth-order valence-electron chi connectivity index (χ4n) is 4.57. The minimum Gasteiger partial charge on any atom is -0.382 e. The largest absolute Gasteiger partial charge is 0.382 e. The smallest absolute Gasteiger partial charge is 0.353 e. The molecule has 0 saturated heterocycles. The van der Waals surface area contributed by atoms with Crippen LogP contribution in [0.5, 0.6) is 0 Å². The lowest BCUT2D eigenvalue weighted by Gasteiger charge is -2.23. The monoisotopic (exact) mass is 604 g/mol. The molecule has 0 amide bonds. The second-order valence-electron chi connectivity index (χ2n) is 10.0. The van der Waals surface area contributed by atoms with Crippen molar-refractivity contribution in [2.45, 2.75) is 52.3 Å². The summed E-state index contributed by atoms with van der Waals surface area (Å²) >= 11 is 6.10. The van der Waals surface area contributed by atoms with E-state index in [2.05, 4.69) is 44.0 Å². The van der Waals surface area contributed by atoms with Gasteiger partial charge in [0.15, 0.2) is 11.5 Å². The van der Waals surface area contributed by atoms with Crippen molar-refractivity contribution in [2.24, 2.45) is 0 Å². The number of nitrogens with two attached hydrogens (primary N) is 1. The Bertz CT molecular complexity index is 1490. The number of benzene rings is 1. The Kier molecular flexibility index (Phi) is 10.9. The number of anilines is 2. The van der Waals surface area contributed by atoms with Crippen molar-refractivity contribution in [1.29, 1.82) is 0 Å². The molecule has 0 saturated carbocycles. The Morgan fingerprint density at radius 1 is 1.20 bits per heavy atom. The summed E-state index contributed by atoms with van der Waals surface area (Å²) in [5, 5.41) is 5.29. The standard InChI is InChI=1S/C27H38ClN8O4P/c1-4-35(11-5-6-19(2)34-23-9-10-30-24-14-21(28)7-8-22(23)24)12-13-40-41(37,38)18-39-20(3)15-36-17-33-25-26(29)31-16-32-27(25)36/h7-10,14,16-17,19-20H,4-6,11-13,15,18H2,1-3H3,(H,30,34)(H,37,38)(H2,29,31,32)/t19?,20-/m1/s1. The molecule has 4 N–H and O–H groups in total. The highest BCUT2D eigenvalue weighted by atomic mass is 35.5. The van der Waals surface area contributed by atoms with E-state index < -0.39 is 13.9 Å². The van der Waals surface area contributed by atoms with Crippen LogP contribution in [0.4, 0.5) is 11.5 Å². The Labute approximate surface area is 244 Å². The summed E-state index contributed by atoms with van der Waals surface area (Å²) in [6, 6.07) is 7.95. The maximum absolute atomic E-state index is 12.5. The van der Waals surface area contributed by atoms with E-state index in [0.717, 1.165) is 42.5 Å². The zero-order chi connectivity index (χ0) is 29.4. The number of hydrogen-bond acceptors (Lipinski definition) is 10. The second kappa shape index (κ2) is 14.4. The van der Waals surface area contributed by atoms with Crippen molar-refractivity contribution in [3.8, 4) is 0 Å². The van der Waals surface area contributed by atoms with E-state index in [1.165, 1.54) is 6.33 Å². The van der Waals surface area contributed by atoms with Crippen molar-refractivity contribution in [3.05, 3.63) is 48.1 Å². The number of pyridine rings is 1. The maximum Gasteiger partial charge on any atom is 0.353 e. The highest BCUT2D eigenvalue weighted by Gasteiger charge is 2.22. The second-order valence-corrected chi connectivity index (χ2v) is 12.3. The topological polar surface area (TPSA) is 154 Å². The Morgan fingerprint density at radius 2 is 2.02 bits per heavy atom. The molecule has 3 heterocycles. The molecule has 3 aromatic heterocycles. The number of halogens is 1. The van der Waals surface area contributed by atoms with Gasteiger partial charge >= 0.3 is 7.60 Å². The minimum atomic E-state index is -3.91. The van der Waals surface area contributed by atoms with Crippen LogP contribution in [0.15, 0.2) is 43.1 Å². The zero-order valence-corrected chi connectivity index (χ0v) is 25.3. The summed E-state index contributed by atoms with van der Waals surface area (Å²) in [6.07, 6.45) is 5.90. The van der Waals surface area contributed by atoms with E-state index in [4.69, 9.17) is 26.6 Å². The van der Waals surface area contributed by atoms with Gasteiger partial charge in [0.2, 0.25) is 0 Å². The van der Waals surface area contributed by atoms with Gasteiger partial charge in [-0.3, -0.25) is 9.55 Å². The SMILES string of the molecule is CCN(CCCC(C)Nc1ccnc2cc(Cl)ccc12)CCOP(=O)(O)CO[C@H](C)Cn1cnc2c(N)ncnc21. The van der Waals surface area contributed by atoms with E-state index in [0.29, 0.717) is 35.1 Å². The number of ether oxygens (including phenoxy) is 1. The normalized spacial score (nSPS) is 14.9. The Balaban J connectivity index is 1.15. The van der Waals surface area contributed by atoms with Crippen LogP contribution in [0.25, 0.3) is 22.1 Å². The maximum atomic E-state index is 12.5. The number of aromatic nitrogens is 5. The number of fused-ring (bicyclic) bond motifs is 2. The van der Waals surface area contributed by atoms with Crippen molar-refractivity contribution < 1.29 is 18.7 Å². The first kappa shape index (κ1) is 31.1. The first-order chi connectivity index (χ1) is 19.6. The van der Waals surface area contributed by atoms with Gasteiger partial charge in [0, 0.05) is 34.9 Å². The third kappa shape index (κ3) is 8.81. The fourth-order valence-corrected chi connectivity index (χ4v) is 5.62. The molecule has 1 aromatic carbocycles. The van der Waals surface area contributed by atoms with Gasteiger partial charge in [0.25, 0.3) is 0 Å². The molecule has 0 spiro atoms. The van der Waals surface area contributed by atoms with Gasteiger partial charge in [0.05, 0.1) is 31.1 Å². The number of imidazole rings is 1. The van der Waals surface area contributed by atoms with Crippen LogP contribution in [0.3, 0.4) is 0 Å². The molecule has 0 radical (unpaired) electrons. The molecule has 41 heavy (non-hydrogen) atoms. The molecule has 0 aliphatic rings. The molecule has 3 atom stereocenters. The van der Waals surface area contributed by atoms with Gasteiger partial charge in [-0.25, -0.2) is 15.0 Å². The van der Waals surface area contributed by atoms with E-state index in [1.54, 1.807) is 24.0 Å². The van der Waals surface area contributed by atoms with Crippen molar-refractivity contribution in [2.75, 3.05) is 43.6 Å². The summed E-state index contributed by atoms with van der Waals surface area (Å²) in [7, 11) is -3.91. The molecule has 0 aliphatic heterocycles. The van der Waals surface area contributed by atoms with Gasteiger partial charge in [-0.15, -0.1) is 0 Å².